The normalized spacial score (nSPS) is 12.8. The minimum atomic E-state index is -0.163. The van der Waals surface area contributed by atoms with E-state index in [1.54, 1.807) is 55.8 Å². The van der Waals surface area contributed by atoms with Gasteiger partial charge in [-0.1, -0.05) is 0 Å². The summed E-state index contributed by atoms with van der Waals surface area (Å²) in [6.07, 6.45) is 0.731. The van der Waals surface area contributed by atoms with Crippen molar-refractivity contribution in [2.24, 2.45) is 0 Å². The van der Waals surface area contributed by atoms with Gasteiger partial charge >= 0.3 is 6.03 Å². The molecule has 0 radical (unpaired) electrons. The topological polar surface area (TPSA) is 72.9 Å². The Morgan fingerprint density at radius 3 is 2.47 bits per heavy atom. The summed E-state index contributed by atoms with van der Waals surface area (Å²) in [4.78, 5) is 20.5. The first kappa shape index (κ1) is 20.0. The van der Waals surface area contributed by atoms with Gasteiger partial charge in [-0.3, -0.25) is 0 Å². The number of ether oxygens (including phenoxy) is 3. The zero-order chi connectivity index (χ0) is 21.1. The molecule has 2 aromatic carbocycles. The Morgan fingerprint density at radius 1 is 1.03 bits per heavy atom. The highest BCUT2D eigenvalue weighted by Gasteiger charge is 2.25. The Morgan fingerprint density at radius 2 is 1.77 bits per heavy atom. The van der Waals surface area contributed by atoms with E-state index < -0.39 is 0 Å². The van der Waals surface area contributed by atoms with Crippen LogP contribution in [0.15, 0.2) is 42.5 Å². The van der Waals surface area contributed by atoms with Gasteiger partial charge < -0.3 is 24.4 Å². The number of carbonyl (C=O) groups is 1. The van der Waals surface area contributed by atoms with Crippen LogP contribution in [0.2, 0.25) is 0 Å². The van der Waals surface area contributed by atoms with E-state index in [1.807, 2.05) is 24.3 Å². The number of rotatable bonds is 5. The SMILES string of the molecule is COc1ccc(-c2nc3c(s2)CN(C(=O)Nc2ccc(OC)cc2OC)CC3)cc1. The fourth-order valence-electron chi connectivity index (χ4n) is 3.32. The lowest BCUT2D eigenvalue weighted by Crippen LogP contribution is -2.38. The largest absolute Gasteiger partial charge is 0.497 e. The van der Waals surface area contributed by atoms with Crippen LogP contribution in [0.3, 0.4) is 0 Å². The monoisotopic (exact) mass is 425 g/mol. The Hall–Kier alpha value is -3.26. The molecule has 0 atom stereocenters. The van der Waals surface area contributed by atoms with Gasteiger partial charge in [-0.05, 0) is 36.4 Å². The van der Waals surface area contributed by atoms with E-state index in [0.29, 0.717) is 30.3 Å². The van der Waals surface area contributed by atoms with Crippen LogP contribution < -0.4 is 19.5 Å². The number of hydrogen-bond donors (Lipinski definition) is 1. The van der Waals surface area contributed by atoms with Gasteiger partial charge in [-0.15, -0.1) is 11.3 Å². The lowest BCUT2D eigenvalue weighted by molar-refractivity contribution is 0.206. The molecule has 0 saturated heterocycles. The van der Waals surface area contributed by atoms with Crippen molar-refractivity contribution in [3.8, 4) is 27.8 Å². The van der Waals surface area contributed by atoms with Crippen LogP contribution in [0.5, 0.6) is 17.2 Å². The van der Waals surface area contributed by atoms with E-state index in [-0.39, 0.29) is 6.03 Å². The van der Waals surface area contributed by atoms with E-state index >= 15 is 0 Å². The van der Waals surface area contributed by atoms with Crippen molar-refractivity contribution in [1.82, 2.24) is 9.88 Å². The lowest BCUT2D eigenvalue weighted by atomic mass is 10.2. The summed E-state index contributed by atoms with van der Waals surface area (Å²) < 4.78 is 15.8. The average molecular weight is 426 g/mol. The molecule has 8 heteroatoms. The molecule has 0 unspecified atom stereocenters. The summed E-state index contributed by atoms with van der Waals surface area (Å²) in [5, 5.41) is 3.90. The van der Waals surface area contributed by atoms with Crippen molar-refractivity contribution < 1.29 is 19.0 Å². The minimum absolute atomic E-state index is 0.163. The standard InChI is InChI=1S/C22H23N3O4S/c1-27-15-6-4-14(5-7-15)21-23-18-10-11-25(13-20(18)30-21)22(26)24-17-9-8-16(28-2)12-19(17)29-3/h4-9,12H,10-11,13H2,1-3H3,(H,24,26). The van der Waals surface area contributed by atoms with Gasteiger partial charge in [0, 0.05) is 29.5 Å². The Labute approximate surface area is 179 Å². The molecule has 0 bridgehead atoms. The predicted molar refractivity (Wildman–Crippen MR) is 117 cm³/mol. The first-order valence-corrected chi connectivity index (χ1v) is 10.3. The van der Waals surface area contributed by atoms with Crippen molar-refractivity contribution in [1.29, 1.82) is 0 Å². The average Bonchev–Trinajstić information content (AvgIpc) is 3.22. The van der Waals surface area contributed by atoms with Gasteiger partial charge in [0.05, 0.1) is 39.3 Å². The van der Waals surface area contributed by atoms with E-state index in [1.165, 1.54) is 0 Å². The molecule has 1 N–H and O–H groups in total. The number of methoxy groups -OCH3 is 3. The predicted octanol–water partition coefficient (Wildman–Crippen LogP) is 4.43. The molecule has 1 aromatic heterocycles. The number of thiazole rings is 1. The maximum absolute atomic E-state index is 12.8. The highest BCUT2D eigenvalue weighted by Crippen LogP contribution is 2.33. The maximum atomic E-state index is 12.8. The van der Waals surface area contributed by atoms with Crippen LogP contribution in [0.1, 0.15) is 10.6 Å². The Balaban J connectivity index is 1.47. The number of nitrogens with zero attached hydrogens (tertiary/aromatic N) is 2. The van der Waals surface area contributed by atoms with Crippen LogP contribution >= 0.6 is 11.3 Å². The number of anilines is 1. The van der Waals surface area contributed by atoms with Gasteiger partial charge in [0.1, 0.15) is 22.3 Å². The zero-order valence-corrected chi connectivity index (χ0v) is 17.9. The van der Waals surface area contributed by atoms with E-state index in [4.69, 9.17) is 19.2 Å². The summed E-state index contributed by atoms with van der Waals surface area (Å²) in [7, 11) is 4.81. The number of aromatic nitrogens is 1. The number of urea groups is 1. The molecule has 7 nitrogen and oxygen atoms in total. The number of hydrogen-bond acceptors (Lipinski definition) is 6. The number of amides is 2. The number of nitrogens with one attached hydrogen (secondary N) is 1. The van der Waals surface area contributed by atoms with E-state index in [2.05, 4.69) is 5.32 Å². The number of carbonyl (C=O) groups excluding carboxylic acids is 1. The maximum Gasteiger partial charge on any atom is 0.322 e. The van der Waals surface area contributed by atoms with Crippen LogP contribution in [-0.4, -0.2) is 43.8 Å². The van der Waals surface area contributed by atoms with Gasteiger partial charge in [-0.25, -0.2) is 9.78 Å². The van der Waals surface area contributed by atoms with Gasteiger partial charge in [0.25, 0.3) is 0 Å². The molecule has 0 saturated carbocycles. The number of fused-ring (bicyclic) bond motifs is 1. The third-order valence-electron chi connectivity index (χ3n) is 5.01. The molecule has 0 aliphatic carbocycles. The molecule has 0 fully saturated rings. The highest BCUT2D eigenvalue weighted by atomic mass is 32.1. The molecule has 30 heavy (non-hydrogen) atoms. The summed E-state index contributed by atoms with van der Waals surface area (Å²) >= 11 is 1.63. The zero-order valence-electron chi connectivity index (χ0n) is 17.1. The molecular formula is C22H23N3O4S. The molecule has 3 aromatic rings. The molecule has 4 rings (SSSR count). The fourth-order valence-corrected chi connectivity index (χ4v) is 4.45. The van der Waals surface area contributed by atoms with Crippen molar-refractivity contribution in [3.63, 3.8) is 0 Å². The summed E-state index contributed by atoms with van der Waals surface area (Å²) in [5.74, 6) is 2.04. The third kappa shape index (κ3) is 4.04. The first-order chi connectivity index (χ1) is 14.6. The van der Waals surface area contributed by atoms with Crippen LogP contribution in [0.4, 0.5) is 10.5 Å². The quantitative estimate of drug-likeness (QED) is 0.655. The van der Waals surface area contributed by atoms with Crippen molar-refractivity contribution in [3.05, 3.63) is 53.0 Å². The smallest absolute Gasteiger partial charge is 0.322 e. The fraction of sp³-hybridized carbons (Fsp3) is 0.273. The van der Waals surface area contributed by atoms with E-state index in [0.717, 1.165) is 33.3 Å². The van der Waals surface area contributed by atoms with Crippen LogP contribution in [-0.2, 0) is 13.0 Å². The molecule has 1 aliphatic heterocycles. The molecule has 1 aliphatic rings. The van der Waals surface area contributed by atoms with Gasteiger partial charge in [0.15, 0.2) is 0 Å². The molecular weight excluding hydrogens is 402 g/mol. The lowest BCUT2D eigenvalue weighted by Gasteiger charge is -2.26. The molecule has 156 valence electrons. The summed E-state index contributed by atoms with van der Waals surface area (Å²) in [5.41, 5.74) is 2.73. The second-order valence-electron chi connectivity index (χ2n) is 6.79. The number of benzene rings is 2. The van der Waals surface area contributed by atoms with Crippen LogP contribution in [0, 0.1) is 0 Å². The Bertz CT molecular complexity index is 1050. The Kier molecular flexibility index (Phi) is 5.76. The van der Waals surface area contributed by atoms with Gasteiger partial charge in [-0.2, -0.15) is 0 Å². The summed E-state index contributed by atoms with van der Waals surface area (Å²) in [6, 6.07) is 13.0. The molecule has 2 amide bonds. The van der Waals surface area contributed by atoms with Crippen molar-refractivity contribution >= 4 is 23.1 Å². The molecule has 2 heterocycles. The highest BCUT2D eigenvalue weighted by molar-refractivity contribution is 7.15. The second kappa shape index (κ2) is 8.62. The first-order valence-electron chi connectivity index (χ1n) is 9.52. The minimum Gasteiger partial charge on any atom is -0.497 e. The van der Waals surface area contributed by atoms with Gasteiger partial charge in [0.2, 0.25) is 0 Å². The third-order valence-corrected chi connectivity index (χ3v) is 6.14. The summed E-state index contributed by atoms with van der Waals surface area (Å²) in [6.45, 7) is 1.15. The van der Waals surface area contributed by atoms with Crippen molar-refractivity contribution in [2.45, 2.75) is 13.0 Å². The second-order valence-corrected chi connectivity index (χ2v) is 7.87. The van der Waals surface area contributed by atoms with Crippen molar-refractivity contribution in [2.75, 3.05) is 33.2 Å². The molecule has 0 spiro atoms. The van der Waals surface area contributed by atoms with Crippen LogP contribution in [0.25, 0.3) is 10.6 Å². The van der Waals surface area contributed by atoms with E-state index in [9.17, 15) is 4.79 Å².